The van der Waals surface area contributed by atoms with Gasteiger partial charge in [-0.25, -0.2) is 4.98 Å². The molecule has 1 heterocycles. The minimum Gasteiger partial charge on any atom is -0.501 e. The lowest BCUT2D eigenvalue weighted by Crippen LogP contribution is -2.37. The molecular weight excluding hydrogens is 510 g/mol. The van der Waals surface area contributed by atoms with Crippen LogP contribution in [0.3, 0.4) is 0 Å². The van der Waals surface area contributed by atoms with Crippen LogP contribution in [0.25, 0.3) is 10.9 Å². The van der Waals surface area contributed by atoms with Crippen molar-refractivity contribution in [2.45, 2.75) is 50.5 Å². The SMILES string of the molecule is CCC(CCCc1ccccc1)(c1ccc(OCc2ccc3ccccc3n2)cc1)C(C(O)=S)c1ccccc1. The molecule has 1 N–H and O–H groups in total. The van der Waals surface area contributed by atoms with Gasteiger partial charge in [0.2, 0.25) is 0 Å². The molecule has 0 saturated carbocycles. The van der Waals surface area contributed by atoms with Crippen molar-refractivity contribution < 1.29 is 9.84 Å². The Morgan fingerprint density at radius 2 is 1.50 bits per heavy atom. The Bertz CT molecular complexity index is 1540. The maximum Gasteiger partial charge on any atom is 0.165 e. The molecule has 5 rings (SSSR count). The van der Waals surface area contributed by atoms with Gasteiger partial charge in [0.15, 0.2) is 5.05 Å². The minimum absolute atomic E-state index is 0.0375. The van der Waals surface area contributed by atoms with E-state index < -0.39 is 0 Å². The quantitative estimate of drug-likeness (QED) is 0.159. The van der Waals surface area contributed by atoms with Gasteiger partial charge >= 0.3 is 0 Å². The predicted molar refractivity (Wildman–Crippen MR) is 168 cm³/mol. The fourth-order valence-corrected chi connectivity index (χ4v) is 6.23. The van der Waals surface area contributed by atoms with E-state index >= 15 is 0 Å². The van der Waals surface area contributed by atoms with Gasteiger partial charge in [-0.05, 0) is 78.9 Å². The van der Waals surface area contributed by atoms with Gasteiger partial charge in [-0.3, -0.25) is 0 Å². The van der Waals surface area contributed by atoms with Crippen LogP contribution in [0.15, 0.2) is 121 Å². The van der Waals surface area contributed by atoms with Crippen molar-refractivity contribution in [3.8, 4) is 5.75 Å². The first-order valence-electron chi connectivity index (χ1n) is 14.0. The Morgan fingerprint density at radius 3 is 2.20 bits per heavy atom. The van der Waals surface area contributed by atoms with Gasteiger partial charge in [0.05, 0.1) is 17.1 Å². The van der Waals surface area contributed by atoms with Crippen molar-refractivity contribution >= 4 is 28.2 Å². The van der Waals surface area contributed by atoms with Crippen molar-refractivity contribution in [3.63, 3.8) is 0 Å². The van der Waals surface area contributed by atoms with Gasteiger partial charge in [0, 0.05) is 10.8 Å². The number of hydrogen-bond acceptors (Lipinski definition) is 3. The summed E-state index contributed by atoms with van der Waals surface area (Å²) in [5.41, 5.74) is 5.01. The predicted octanol–water partition coefficient (Wildman–Crippen LogP) is 9.15. The topological polar surface area (TPSA) is 42.4 Å². The third-order valence-electron chi connectivity index (χ3n) is 7.97. The van der Waals surface area contributed by atoms with Crippen LogP contribution in [0.1, 0.15) is 54.5 Å². The van der Waals surface area contributed by atoms with E-state index in [2.05, 4.69) is 73.7 Å². The Labute approximate surface area is 242 Å². The fraction of sp³-hybridized carbons (Fsp3) is 0.222. The van der Waals surface area contributed by atoms with Gasteiger partial charge in [0.25, 0.3) is 0 Å². The van der Waals surface area contributed by atoms with E-state index in [0.29, 0.717) is 6.61 Å². The summed E-state index contributed by atoms with van der Waals surface area (Å²) in [6.07, 6.45) is 3.68. The molecule has 3 nitrogen and oxygen atoms in total. The molecular formula is C36H35NO2S. The van der Waals surface area contributed by atoms with Crippen LogP contribution >= 0.6 is 12.2 Å². The zero-order valence-electron chi connectivity index (χ0n) is 22.9. The van der Waals surface area contributed by atoms with Crippen molar-refractivity contribution in [1.82, 2.24) is 4.98 Å². The average Bonchev–Trinajstić information content (AvgIpc) is 3.00. The molecule has 0 aliphatic rings. The zero-order valence-corrected chi connectivity index (χ0v) is 23.7. The van der Waals surface area contributed by atoms with Crippen LogP contribution in [0.4, 0.5) is 0 Å². The van der Waals surface area contributed by atoms with Crippen molar-refractivity contribution in [2.24, 2.45) is 0 Å². The van der Waals surface area contributed by atoms with Gasteiger partial charge in [-0.1, -0.05) is 104 Å². The summed E-state index contributed by atoms with van der Waals surface area (Å²) in [6.45, 7) is 2.60. The zero-order chi connectivity index (χ0) is 27.8. The molecule has 2 unspecified atom stereocenters. The molecule has 2 atom stereocenters. The standard InChI is InChI=1S/C36H35NO2S/c1-2-36(25-11-14-27-12-5-3-6-13-27,34(35(38)40)29-16-7-4-8-17-29)30-20-23-32(24-21-30)39-26-31-22-19-28-15-9-10-18-33(28)37-31/h3-10,12-13,15-24,34H,2,11,14,25-26H2,1H3,(H,38,40). The number of thiocarbonyl (C=S) groups is 1. The molecule has 4 heteroatoms. The number of ether oxygens (including phenoxy) is 1. The van der Waals surface area contributed by atoms with E-state index in [9.17, 15) is 5.11 Å². The largest absolute Gasteiger partial charge is 0.501 e. The summed E-state index contributed by atoms with van der Waals surface area (Å²) in [5, 5.41) is 12.1. The normalized spacial score (nSPS) is 13.4. The summed E-state index contributed by atoms with van der Waals surface area (Å²) in [7, 11) is 0. The number of aromatic nitrogens is 1. The number of aliphatic hydroxyl groups excluding tert-OH is 1. The number of aryl methyl sites for hydroxylation is 1. The molecule has 0 spiro atoms. The maximum absolute atomic E-state index is 10.9. The van der Waals surface area contributed by atoms with Gasteiger partial charge in [0.1, 0.15) is 12.4 Å². The number of nitrogens with zero attached hydrogens (tertiary/aromatic N) is 1. The average molecular weight is 546 g/mol. The van der Waals surface area contributed by atoms with Crippen LogP contribution in [-0.2, 0) is 18.4 Å². The molecule has 0 aliphatic heterocycles. The Kier molecular flexibility index (Phi) is 8.87. The van der Waals surface area contributed by atoms with E-state index in [0.717, 1.165) is 59.2 Å². The molecule has 40 heavy (non-hydrogen) atoms. The summed E-state index contributed by atoms with van der Waals surface area (Å²) >= 11 is 5.54. The highest BCUT2D eigenvalue weighted by Gasteiger charge is 2.42. The highest BCUT2D eigenvalue weighted by atomic mass is 32.1. The summed E-state index contributed by atoms with van der Waals surface area (Å²) in [6, 6.07) is 41.3. The number of aliphatic hydroxyl groups is 1. The summed E-state index contributed by atoms with van der Waals surface area (Å²) in [4.78, 5) is 4.73. The molecule has 0 fully saturated rings. The number of para-hydroxylation sites is 1. The number of benzene rings is 4. The van der Waals surface area contributed by atoms with Gasteiger partial charge in [-0.2, -0.15) is 0 Å². The van der Waals surface area contributed by atoms with Crippen molar-refractivity contribution in [3.05, 3.63) is 144 Å². The molecule has 0 bridgehead atoms. The molecule has 5 aromatic rings. The first-order chi connectivity index (χ1) is 19.6. The first-order valence-corrected chi connectivity index (χ1v) is 14.4. The highest BCUT2D eigenvalue weighted by Crippen LogP contribution is 2.47. The smallest absolute Gasteiger partial charge is 0.165 e. The lowest BCUT2D eigenvalue weighted by molar-refractivity contribution is 0.300. The van der Waals surface area contributed by atoms with E-state index in [1.54, 1.807) is 0 Å². The highest BCUT2D eigenvalue weighted by molar-refractivity contribution is 7.80. The van der Waals surface area contributed by atoms with Crippen LogP contribution in [0.2, 0.25) is 0 Å². The van der Waals surface area contributed by atoms with Gasteiger partial charge in [-0.15, -0.1) is 0 Å². The molecule has 0 aliphatic carbocycles. The molecule has 202 valence electrons. The summed E-state index contributed by atoms with van der Waals surface area (Å²) < 4.78 is 6.14. The molecule has 0 amide bonds. The molecule has 4 aromatic carbocycles. The minimum atomic E-state index is -0.361. The van der Waals surface area contributed by atoms with Crippen molar-refractivity contribution in [1.29, 1.82) is 0 Å². The monoisotopic (exact) mass is 545 g/mol. The molecule has 0 radical (unpaired) electrons. The first kappa shape index (κ1) is 27.5. The van der Waals surface area contributed by atoms with E-state index in [1.807, 2.05) is 54.6 Å². The third kappa shape index (κ3) is 6.24. The van der Waals surface area contributed by atoms with Crippen LogP contribution in [0, 0.1) is 0 Å². The lowest BCUT2D eigenvalue weighted by atomic mass is 9.63. The number of fused-ring (bicyclic) bond motifs is 1. The Morgan fingerprint density at radius 1 is 0.825 bits per heavy atom. The van der Waals surface area contributed by atoms with Crippen LogP contribution in [0.5, 0.6) is 5.75 Å². The second-order valence-corrected chi connectivity index (χ2v) is 10.8. The lowest BCUT2D eigenvalue weighted by Gasteiger charge is -2.40. The van der Waals surface area contributed by atoms with Crippen LogP contribution in [-0.4, -0.2) is 15.1 Å². The second kappa shape index (κ2) is 12.9. The second-order valence-electron chi connectivity index (χ2n) is 10.3. The van der Waals surface area contributed by atoms with E-state index in [-0.39, 0.29) is 16.4 Å². The van der Waals surface area contributed by atoms with E-state index in [1.165, 1.54) is 5.56 Å². The molecule has 0 saturated heterocycles. The van der Waals surface area contributed by atoms with E-state index in [4.69, 9.17) is 21.9 Å². The Hall–Kier alpha value is -4.02. The maximum atomic E-state index is 10.9. The Balaban J connectivity index is 1.40. The fourth-order valence-electron chi connectivity index (χ4n) is 5.87. The molecule has 1 aromatic heterocycles. The third-order valence-corrected chi connectivity index (χ3v) is 8.20. The van der Waals surface area contributed by atoms with Crippen LogP contribution < -0.4 is 4.74 Å². The summed E-state index contributed by atoms with van der Waals surface area (Å²) in [5.74, 6) is 0.494. The van der Waals surface area contributed by atoms with Crippen molar-refractivity contribution in [2.75, 3.05) is 0 Å². The number of hydrogen-bond donors (Lipinski definition) is 1. The number of rotatable bonds is 12. The van der Waals surface area contributed by atoms with Gasteiger partial charge < -0.3 is 9.84 Å². The number of pyridine rings is 1.